The molecule has 3 rings (SSSR count). The molecule has 6 heteroatoms. The summed E-state index contributed by atoms with van der Waals surface area (Å²) in [6.45, 7) is 9.90. The highest BCUT2D eigenvalue weighted by Gasteiger charge is 2.13. The number of anilines is 1. The van der Waals surface area contributed by atoms with E-state index in [1.807, 2.05) is 19.1 Å². The van der Waals surface area contributed by atoms with Gasteiger partial charge in [0.25, 0.3) is 0 Å². The summed E-state index contributed by atoms with van der Waals surface area (Å²) in [6, 6.07) is 8.28. The van der Waals surface area contributed by atoms with E-state index < -0.39 is 0 Å². The fraction of sp³-hybridized carbons (Fsp3) is 0.444. The van der Waals surface area contributed by atoms with Gasteiger partial charge in [-0.05, 0) is 38.1 Å². The number of ketones is 1. The van der Waals surface area contributed by atoms with Gasteiger partial charge in [-0.2, -0.15) is 0 Å². The van der Waals surface area contributed by atoms with E-state index in [9.17, 15) is 4.79 Å². The second-order valence-corrected chi connectivity index (χ2v) is 6.80. The molecule has 0 bridgehead atoms. The van der Waals surface area contributed by atoms with E-state index in [1.165, 1.54) is 17.0 Å². The molecule has 1 aliphatic rings. The number of rotatable bonds is 4. The molecule has 1 saturated heterocycles. The van der Waals surface area contributed by atoms with Gasteiger partial charge in [0.05, 0.1) is 23.8 Å². The molecular weight excluding hydrogens is 322 g/mol. The maximum atomic E-state index is 11.8. The predicted octanol–water partition coefficient (Wildman–Crippen LogP) is 3.15. The van der Waals surface area contributed by atoms with Gasteiger partial charge in [-0.1, -0.05) is 11.3 Å². The number of ether oxygens (including phenoxy) is 1. The van der Waals surface area contributed by atoms with Crippen LogP contribution in [0.25, 0.3) is 0 Å². The smallest absolute Gasteiger partial charge is 0.190 e. The Morgan fingerprint density at radius 1 is 1.25 bits per heavy atom. The Morgan fingerprint density at radius 2 is 1.92 bits per heavy atom. The molecule has 0 amide bonds. The zero-order valence-corrected chi connectivity index (χ0v) is 15.2. The predicted molar refractivity (Wildman–Crippen MR) is 97.4 cm³/mol. The van der Waals surface area contributed by atoms with Gasteiger partial charge >= 0.3 is 0 Å². The molecule has 5 nitrogen and oxygen atoms in total. The molecule has 0 saturated carbocycles. The molecule has 1 aliphatic heterocycles. The number of hydrogen-bond acceptors (Lipinski definition) is 5. The molecule has 0 radical (unpaired) electrons. The van der Waals surface area contributed by atoms with Crippen molar-refractivity contribution in [1.82, 2.24) is 4.57 Å². The van der Waals surface area contributed by atoms with Gasteiger partial charge < -0.3 is 14.2 Å². The van der Waals surface area contributed by atoms with Crippen LogP contribution < -0.4 is 9.70 Å². The summed E-state index contributed by atoms with van der Waals surface area (Å²) >= 11 is 1.47. The lowest BCUT2D eigenvalue weighted by Crippen LogP contribution is -2.36. The van der Waals surface area contributed by atoms with Crippen molar-refractivity contribution in [3.8, 4) is 0 Å². The van der Waals surface area contributed by atoms with Crippen LogP contribution in [0.4, 0.5) is 11.4 Å². The molecule has 0 unspecified atom stereocenters. The fourth-order valence-corrected chi connectivity index (χ4v) is 4.05. The fourth-order valence-electron chi connectivity index (χ4n) is 2.94. The number of nitrogens with zero attached hydrogens (tertiary/aromatic N) is 3. The van der Waals surface area contributed by atoms with E-state index in [0.29, 0.717) is 0 Å². The van der Waals surface area contributed by atoms with Crippen LogP contribution in [0.2, 0.25) is 0 Å². The van der Waals surface area contributed by atoms with E-state index in [4.69, 9.17) is 9.73 Å². The van der Waals surface area contributed by atoms with Crippen LogP contribution in [-0.4, -0.2) is 36.7 Å². The average Bonchev–Trinajstić information content (AvgIpc) is 2.92. The van der Waals surface area contributed by atoms with Crippen LogP contribution >= 0.6 is 11.3 Å². The average molecular weight is 345 g/mol. The highest BCUT2D eigenvalue weighted by atomic mass is 32.1. The number of aromatic nitrogens is 1. The molecule has 1 fully saturated rings. The summed E-state index contributed by atoms with van der Waals surface area (Å²) < 4.78 is 7.49. The molecule has 128 valence electrons. The molecule has 1 aromatic carbocycles. The highest BCUT2D eigenvalue weighted by molar-refractivity contribution is 7.11. The number of benzene rings is 1. The first kappa shape index (κ1) is 16.9. The lowest BCUT2D eigenvalue weighted by molar-refractivity contribution is 0.102. The van der Waals surface area contributed by atoms with Crippen LogP contribution in [0, 0.1) is 6.92 Å². The molecule has 1 aromatic heterocycles. The topological polar surface area (TPSA) is 46.8 Å². The monoisotopic (exact) mass is 345 g/mol. The van der Waals surface area contributed by atoms with Gasteiger partial charge in [-0.15, -0.1) is 0 Å². The second-order valence-electron chi connectivity index (χ2n) is 5.83. The van der Waals surface area contributed by atoms with Gasteiger partial charge in [-0.3, -0.25) is 4.79 Å². The lowest BCUT2D eigenvalue weighted by atomic mass is 10.2. The second kappa shape index (κ2) is 7.32. The SMILES string of the molecule is CCn1c(C)c(C(C)=O)sc1=Nc1ccc(N2CCOCC2)cc1. The minimum atomic E-state index is 0.101. The number of hydrogen-bond donors (Lipinski definition) is 0. The van der Waals surface area contributed by atoms with Crippen LogP contribution in [0.1, 0.15) is 29.2 Å². The third kappa shape index (κ3) is 3.44. The van der Waals surface area contributed by atoms with E-state index in [2.05, 4.69) is 28.5 Å². The summed E-state index contributed by atoms with van der Waals surface area (Å²) in [7, 11) is 0. The number of carbonyl (C=O) groups excluding carboxylic acids is 1. The Labute approximate surface area is 146 Å². The Morgan fingerprint density at radius 3 is 2.50 bits per heavy atom. The van der Waals surface area contributed by atoms with Crippen molar-refractivity contribution in [2.45, 2.75) is 27.3 Å². The van der Waals surface area contributed by atoms with E-state index in [1.54, 1.807) is 6.92 Å². The van der Waals surface area contributed by atoms with Gasteiger partial charge in [0, 0.05) is 37.9 Å². The zero-order valence-electron chi connectivity index (χ0n) is 14.4. The maximum Gasteiger partial charge on any atom is 0.190 e. The van der Waals surface area contributed by atoms with Crippen molar-refractivity contribution >= 4 is 28.5 Å². The van der Waals surface area contributed by atoms with Crippen molar-refractivity contribution in [2.75, 3.05) is 31.2 Å². The number of carbonyl (C=O) groups is 1. The minimum absolute atomic E-state index is 0.101. The first-order chi connectivity index (χ1) is 11.6. The largest absolute Gasteiger partial charge is 0.378 e. The summed E-state index contributed by atoms with van der Waals surface area (Å²) in [4.78, 5) is 20.5. The molecule has 0 spiro atoms. The molecule has 0 atom stereocenters. The van der Waals surface area contributed by atoms with Crippen molar-refractivity contribution in [3.05, 3.63) is 39.6 Å². The van der Waals surface area contributed by atoms with Crippen LogP contribution in [0.15, 0.2) is 29.3 Å². The maximum absolute atomic E-state index is 11.8. The van der Waals surface area contributed by atoms with Gasteiger partial charge in [0.2, 0.25) is 0 Å². The molecule has 2 aromatic rings. The summed E-state index contributed by atoms with van der Waals surface area (Å²) in [5, 5.41) is 0. The first-order valence-corrected chi connectivity index (χ1v) is 9.10. The number of Topliss-reactive ketones (excluding diaryl/α,β-unsaturated/α-hetero) is 1. The van der Waals surface area contributed by atoms with Gasteiger partial charge in [0.1, 0.15) is 0 Å². The Bertz CT molecular complexity index is 784. The third-order valence-electron chi connectivity index (χ3n) is 4.24. The Balaban J connectivity index is 1.91. The van der Waals surface area contributed by atoms with E-state index >= 15 is 0 Å². The lowest BCUT2D eigenvalue weighted by Gasteiger charge is -2.28. The van der Waals surface area contributed by atoms with Crippen molar-refractivity contribution in [2.24, 2.45) is 4.99 Å². The minimum Gasteiger partial charge on any atom is -0.378 e. The highest BCUT2D eigenvalue weighted by Crippen LogP contribution is 2.21. The van der Waals surface area contributed by atoms with E-state index in [0.717, 1.165) is 53.9 Å². The van der Waals surface area contributed by atoms with Gasteiger partial charge in [-0.25, -0.2) is 4.99 Å². The zero-order chi connectivity index (χ0) is 17.1. The quantitative estimate of drug-likeness (QED) is 0.800. The van der Waals surface area contributed by atoms with Crippen molar-refractivity contribution in [3.63, 3.8) is 0 Å². The van der Waals surface area contributed by atoms with Crippen LogP contribution in [0.3, 0.4) is 0 Å². The Hall–Kier alpha value is -1.92. The van der Waals surface area contributed by atoms with Crippen molar-refractivity contribution in [1.29, 1.82) is 0 Å². The molecule has 2 heterocycles. The summed E-state index contributed by atoms with van der Waals surface area (Å²) in [6.07, 6.45) is 0. The van der Waals surface area contributed by atoms with Crippen LogP contribution in [0.5, 0.6) is 0 Å². The van der Waals surface area contributed by atoms with Crippen molar-refractivity contribution < 1.29 is 9.53 Å². The summed E-state index contributed by atoms with van der Waals surface area (Å²) in [5.41, 5.74) is 3.11. The Kier molecular flexibility index (Phi) is 5.16. The third-order valence-corrected chi connectivity index (χ3v) is 5.53. The van der Waals surface area contributed by atoms with E-state index in [-0.39, 0.29) is 5.78 Å². The normalized spacial score (nSPS) is 15.8. The molecule has 24 heavy (non-hydrogen) atoms. The number of morpholine rings is 1. The first-order valence-electron chi connectivity index (χ1n) is 8.28. The molecular formula is C18H23N3O2S. The number of thiazole rings is 1. The van der Waals surface area contributed by atoms with Crippen LogP contribution in [-0.2, 0) is 11.3 Å². The molecule has 0 aliphatic carbocycles. The van der Waals surface area contributed by atoms with Gasteiger partial charge in [0.15, 0.2) is 10.6 Å². The summed E-state index contributed by atoms with van der Waals surface area (Å²) in [5.74, 6) is 0.101. The standard InChI is InChI=1S/C18H23N3O2S/c1-4-21-13(2)17(14(3)22)24-18(21)19-15-5-7-16(8-6-15)20-9-11-23-12-10-20/h5-8H,4,9-12H2,1-3H3. The molecule has 0 N–H and O–H groups in total.